The summed E-state index contributed by atoms with van der Waals surface area (Å²) in [5, 5.41) is 9.09. The lowest BCUT2D eigenvalue weighted by molar-refractivity contribution is -0.246. The van der Waals surface area contributed by atoms with Crippen LogP contribution < -0.4 is 0 Å². The predicted octanol–water partition coefficient (Wildman–Crippen LogP) is 5.79. The van der Waals surface area contributed by atoms with Gasteiger partial charge in [-0.05, 0) is 103 Å². The maximum Gasteiger partial charge on any atom is 0.172 e. The highest BCUT2D eigenvalue weighted by Gasteiger charge is 2.98. The van der Waals surface area contributed by atoms with Gasteiger partial charge in [0.2, 0.25) is 0 Å². The van der Waals surface area contributed by atoms with Gasteiger partial charge in [-0.3, -0.25) is 0 Å². The highest BCUT2D eigenvalue weighted by Crippen LogP contribution is 2.99. The summed E-state index contributed by atoms with van der Waals surface area (Å²) in [6, 6.07) is 2.40. The Balaban J connectivity index is 1.17. The monoisotopic (exact) mass is 409 g/mol. The van der Waals surface area contributed by atoms with Crippen molar-refractivity contribution < 1.29 is 9.47 Å². The van der Waals surface area contributed by atoms with Crippen LogP contribution in [0.25, 0.3) is 0 Å². The molecule has 7 fully saturated rings. The Morgan fingerprint density at radius 3 is 2.57 bits per heavy atom. The van der Waals surface area contributed by atoms with Gasteiger partial charge in [0.05, 0.1) is 19.3 Å². The number of hydrogen-bond donors (Lipinski definition) is 0. The second kappa shape index (κ2) is 5.66. The Labute approximate surface area is 182 Å². The summed E-state index contributed by atoms with van der Waals surface area (Å²) < 4.78 is 12.6. The van der Waals surface area contributed by atoms with E-state index in [-0.39, 0.29) is 5.79 Å². The minimum atomic E-state index is -0.175. The maximum absolute atomic E-state index is 9.09. The normalized spacial score (nSPS) is 59.5. The molecular weight excluding hydrogens is 370 g/mol. The van der Waals surface area contributed by atoms with Crippen molar-refractivity contribution in [1.82, 2.24) is 0 Å². The second-order valence-electron chi connectivity index (χ2n) is 13.0. The average molecular weight is 410 g/mol. The van der Waals surface area contributed by atoms with Crippen LogP contribution in [0.4, 0.5) is 0 Å². The Bertz CT molecular complexity index is 812. The van der Waals surface area contributed by atoms with Crippen LogP contribution in [0.2, 0.25) is 0 Å². The fourth-order valence-electron chi connectivity index (χ4n) is 11.7. The molecule has 0 aromatic carbocycles. The average Bonchev–Trinajstić information content (AvgIpc) is 3.47. The van der Waals surface area contributed by atoms with Crippen molar-refractivity contribution >= 4 is 0 Å². The highest BCUT2D eigenvalue weighted by atomic mass is 16.7. The summed E-state index contributed by atoms with van der Waals surface area (Å²) in [7, 11) is 0. The first kappa shape index (κ1) is 18.9. The van der Waals surface area contributed by atoms with Gasteiger partial charge in [0.25, 0.3) is 0 Å². The summed E-state index contributed by atoms with van der Waals surface area (Å²) in [5.74, 6) is 6.86. The van der Waals surface area contributed by atoms with Crippen LogP contribution in [0.3, 0.4) is 0 Å². The van der Waals surface area contributed by atoms with E-state index in [2.05, 4.69) is 26.8 Å². The van der Waals surface area contributed by atoms with Crippen LogP contribution in [0.1, 0.15) is 78.6 Å². The van der Waals surface area contributed by atoms with Gasteiger partial charge in [-0.1, -0.05) is 20.8 Å². The van der Waals surface area contributed by atoms with E-state index in [1.54, 1.807) is 0 Å². The van der Waals surface area contributed by atoms with E-state index in [0.717, 1.165) is 73.9 Å². The standard InChI is InChI=1S/C27H39NO2/c1-16(5-4-12-28)18-6-7-19-17-15-21-22-23-26(29-13-14-30-26)11-10-25(3,27(21,22)23)20(17)8-9-24(18,19)2/h16-23H,4-11,13-15H2,1-3H3/t16-,17?,18?,19?,20?,21?,22?,23+,24-,25-,27+/m1/s1. The number of hydrogen-bond acceptors (Lipinski definition) is 3. The Morgan fingerprint density at radius 2 is 1.80 bits per heavy atom. The van der Waals surface area contributed by atoms with Crippen molar-refractivity contribution in [2.24, 2.45) is 63.6 Å². The van der Waals surface area contributed by atoms with Crippen molar-refractivity contribution in [3.63, 3.8) is 0 Å². The second-order valence-corrected chi connectivity index (χ2v) is 13.0. The van der Waals surface area contributed by atoms with E-state index in [0.29, 0.717) is 22.2 Å². The molecule has 1 aliphatic heterocycles. The molecule has 0 N–H and O–H groups in total. The van der Waals surface area contributed by atoms with Crippen LogP contribution in [0.5, 0.6) is 0 Å². The van der Waals surface area contributed by atoms with Gasteiger partial charge < -0.3 is 9.47 Å². The molecule has 7 rings (SSSR count). The SMILES string of the molecule is C[C@H](CCC#N)C1CCC2C3CC4C5[C@H]6C7(CC[C@](C)(C3CC[C@@]21C)[C@@]456)OCCO7. The number of nitriles is 1. The molecule has 164 valence electrons. The largest absolute Gasteiger partial charge is 0.347 e. The van der Waals surface area contributed by atoms with Crippen molar-refractivity contribution in [3.05, 3.63) is 0 Å². The fourth-order valence-corrected chi connectivity index (χ4v) is 11.7. The first-order valence-corrected chi connectivity index (χ1v) is 13.1. The van der Waals surface area contributed by atoms with Crippen LogP contribution in [-0.2, 0) is 9.47 Å². The molecule has 0 bridgehead atoms. The first-order chi connectivity index (χ1) is 14.4. The summed E-state index contributed by atoms with van der Waals surface area (Å²) in [5.41, 5.74) is 1.67. The van der Waals surface area contributed by atoms with E-state index in [1.165, 1.54) is 38.5 Å². The third-order valence-corrected chi connectivity index (χ3v) is 12.7. The Kier molecular flexibility index (Phi) is 3.57. The van der Waals surface area contributed by atoms with E-state index < -0.39 is 0 Å². The summed E-state index contributed by atoms with van der Waals surface area (Å²) in [6.07, 6.45) is 11.6. The molecule has 1 heterocycles. The van der Waals surface area contributed by atoms with Gasteiger partial charge >= 0.3 is 0 Å². The summed E-state index contributed by atoms with van der Waals surface area (Å²) >= 11 is 0. The number of nitrogens with zero attached hydrogens (tertiary/aromatic N) is 1. The van der Waals surface area contributed by atoms with Gasteiger partial charge in [0, 0.05) is 18.8 Å². The zero-order valence-electron chi connectivity index (χ0n) is 19.2. The van der Waals surface area contributed by atoms with Crippen LogP contribution in [0, 0.1) is 74.9 Å². The van der Waals surface area contributed by atoms with Gasteiger partial charge in [-0.2, -0.15) is 5.26 Å². The number of ether oxygens (including phenoxy) is 2. The van der Waals surface area contributed by atoms with Crippen molar-refractivity contribution in [3.8, 4) is 6.07 Å². The van der Waals surface area contributed by atoms with E-state index in [4.69, 9.17) is 14.7 Å². The third-order valence-electron chi connectivity index (χ3n) is 12.7. The first-order valence-electron chi connectivity index (χ1n) is 13.1. The van der Waals surface area contributed by atoms with Gasteiger partial charge in [-0.25, -0.2) is 0 Å². The molecule has 2 spiro atoms. The molecule has 0 aromatic rings. The molecule has 7 aliphatic rings. The van der Waals surface area contributed by atoms with Crippen molar-refractivity contribution in [2.75, 3.05) is 13.2 Å². The topological polar surface area (TPSA) is 42.2 Å². The molecule has 6 unspecified atom stereocenters. The molecule has 0 aromatic heterocycles. The lowest BCUT2D eigenvalue weighted by Crippen LogP contribution is -2.58. The highest BCUT2D eigenvalue weighted by molar-refractivity contribution is 5.43. The number of rotatable bonds is 3. The van der Waals surface area contributed by atoms with E-state index in [9.17, 15) is 0 Å². The van der Waals surface area contributed by atoms with Crippen LogP contribution in [0.15, 0.2) is 0 Å². The number of fused-ring (bicyclic) bond motifs is 7. The smallest absolute Gasteiger partial charge is 0.172 e. The quantitative estimate of drug-likeness (QED) is 0.592. The minimum absolute atomic E-state index is 0.175. The van der Waals surface area contributed by atoms with Crippen LogP contribution >= 0.6 is 0 Å². The molecule has 30 heavy (non-hydrogen) atoms. The fraction of sp³-hybridized carbons (Fsp3) is 0.963. The Morgan fingerprint density at radius 1 is 1.00 bits per heavy atom. The molecule has 11 atom stereocenters. The molecule has 0 amide bonds. The summed E-state index contributed by atoms with van der Waals surface area (Å²) in [4.78, 5) is 0. The zero-order valence-corrected chi connectivity index (χ0v) is 19.2. The van der Waals surface area contributed by atoms with Crippen LogP contribution in [-0.4, -0.2) is 19.0 Å². The molecule has 1 saturated heterocycles. The van der Waals surface area contributed by atoms with Gasteiger partial charge in [0.1, 0.15) is 0 Å². The van der Waals surface area contributed by atoms with Crippen molar-refractivity contribution in [1.29, 1.82) is 5.26 Å². The maximum atomic E-state index is 9.09. The predicted molar refractivity (Wildman–Crippen MR) is 114 cm³/mol. The third kappa shape index (κ3) is 1.86. The lowest BCUT2D eigenvalue weighted by Gasteiger charge is -2.62. The van der Waals surface area contributed by atoms with E-state index in [1.807, 2.05) is 0 Å². The van der Waals surface area contributed by atoms with Gasteiger partial charge in [-0.15, -0.1) is 0 Å². The molecule has 6 saturated carbocycles. The summed E-state index contributed by atoms with van der Waals surface area (Å²) in [6.45, 7) is 9.45. The Hall–Kier alpha value is -0.590. The van der Waals surface area contributed by atoms with Crippen molar-refractivity contribution in [2.45, 2.75) is 84.3 Å². The minimum Gasteiger partial charge on any atom is -0.347 e. The molecule has 6 aliphatic carbocycles. The zero-order chi connectivity index (χ0) is 20.5. The van der Waals surface area contributed by atoms with E-state index >= 15 is 0 Å². The molecule has 3 heteroatoms. The lowest BCUT2D eigenvalue weighted by atomic mass is 9.44. The molecule has 0 radical (unpaired) electrons. The molecular formula is C27H39NO2. The molecule has 3 nitrogen and oxygen atoms in total. The van der Waals surface area contributed by atoms with Gasteiger partial charge in [0.15, 0.2) is 5.79 Å².